The Morgan fingerprint density at radius 1 is 1.24 bits per heavy atom. The van der Waals surface area contributed by atoms with Crippen LogP contribution in [0, 0.1) is 18.7 Å². The second-order valence-electron chi connectivity index (χ2n) is 8.34. The van der Waals surface area contributed by atoms with E-state index in [0.29, 0.717) is 18.9 Å². The van der Waals surface area contributed by atoms with Crippen LogP contribution >= 0.6 is 0 Å². The number of hydrogen-bond acceptors (Lipinski definition) is 7. The number of hydrogen-bond donors (Lipinski definition) is 1. The highest BCUT2D eigenvalue weighted by Crippen LogP contribution is 2.28. The van der Waals surface area contributed by atoms with Gasteiger partial charge in [-0.05, 0) is 38.0 Å². The van der Waals surface area contributed by atoms with Crippen LogP contribution in [0.4, 0.5) is 10.2 Å². The molecule has 1 amide bonds. The van der Waals surface area contributed by atoms with E-state index >= 15 is 0 Å². The van der Waals surface area contributed by atoms with E-state index in [1.807, 2.05) is 19.1 Å². The molecule has 33 heavy (non-hydrogen) atoms. The van der Waals surface area contributed by atoms with Gasteiger partial charge in [-0.1, -0.05) is 6.92 Å². The minimum atomic E-state index is -0.640. The van der Waals surface area contributed by atoms with Gasteiger partial charge in [0.2, 0.25) is 11.8 Å². The van der Waals surface area contributed by atoms with Crippen LogP contribution in [0.15, 0.2) is 42.9 Å². The zero-order valence-corrected chi connectivity index (χ0v) is 19.1. The quantitative estimate of drug-likeness (QED) is 0.615. The molecule has 1 unspecified atom stereocenters. The average molecular weight is 451 g/mol. The molecule has 0 aromatic carbocycles. The fourth-order valence-electron chi connectivity index (χ4n) is 4.12. The summed E-state index contributed by atoms with van der Waals surface area (Å²) in [7, 11) is 1.46. The van der Waals surface area contributed by atoms with Crippen molar-refractivity contribution in [3.63, 3.8) is 0 Å². The van der Waals surface area contributed by atoms with E-state index in [-0.39, 0.29) is 29.3 Å². The van der Waals surface area contributed by atoms with E-state index in [2.05, 4.69) is 32.2 Å². The maximum Gasteiger partial charge on any atom is 0.230 e. The molecule has 4 heterocycles. The summed E-state index contributed by atoms with van der Waals surface area (Å²) in [6, 6.07) is 7.14. The standard InChI is InChI=1S/C24H27FN6O2/c1-14-12-31(24(32)15(2)18-10-22(33-4)28-11-19(18)25)13-20(14)30-21-7-6-17(16(3)29-21)23-26-8-5-9-27-23/h5-11,14-15,20H,12-13H2,1-4H3,(H,29,30)/t14-,15?,20+/m0/s1. The lowest BCUT2D eigenvalue weighted by Crippen LogP contribution is -2.34. The maximum atomic E-state index is 14.3. The highest BCUT2D eigenvalue weighted by atomic mass is 19.1. The Morgan fingerprint density at radius 2 is 2.00 bits per heavy atom. The van der Waals surface area contributed by atoms with Crippen molar-refractivity contribution in [3.05, 3.63) is 59.9 Å². The monoisotopic (exact) mass is 450 g/mol. The number of anilines is 1. The maximum absolute atomic E-state index is 14.3. The number of pyridine rings is 2. The van der Waals surface area contributed by atoms with E-state index < -0.39 is 11.7 Å². The zero-order chi connectivity index (χ0) is 23.5. The Hall–Kier alpha value is -3.62. The van der Waals surface area contributed by atoms with Crippen molar-refractivity contribution >= 4 is 11.7 Å². The number of aromatic nitrogens is 4. The van der Waals surface area contributed by atoms with Gasteiger partial charge in [0.15, 0.2) is 5.82 Å². The van der Waals surface area contributed by atoms with Crippen LogP contribution in [0.5, 0.6) is 5.88 Å². The molecule has 4 rings (SSSR count). The summed E-state index contributed by atoms with van der Waals surface area (Å²) in [6.45, 7) is 6.81. The van der Waals surface area contributed by atoms with Gasteiger partial charge in [-0.2, -0.15) is 0 Å². The summed E-state index contributed by atoms with van der Waals surface area (Å²) in [4.78, 5) is 32.0. The van der Waals surface area contributed by atoms with Crippen molar-refractivity contribution in [2.75, 3.05) is 25.5 Å². The summed E-state index contributed by atoms with van der Waals surface area (Å²) in [5.74, 6) is 0.576. The van der Waals surface area contributed by atoms with E-state index in [4.69, 9.17) is 4.74 Å². The number of likely N-dealkylation sites (tertiary alicyclic amines) is 1. The fourth-order valence-corrected chi connectivity index (χ4v) is 4.12. The Bertz CT molecular complexity index is 1140. The van der Waals surface area contributed by atoms with Crippen LogP contribution in [0.25, 0.3) is 11.4 Å². The Kier molecular flexibility index (Phi) is 6.48. The number of halogens is 1. The molecule has 8 nitrogen and oxygen atoms in total. The molecule has 1 fully saturated rings. The average Bonchev–Trinajstić information content (AvgIpc) is 3.19. The first-order valence-electron chi connectivity index (χ1n) is 10.9. The van der Waals surface area contributed by atoms with E-state index in [9.17, 15) is 9.18 Å². The number of carbonyl (C=O) groups excluding carboxylic acids is 1. The molecule has 0 spiro atoms. The molecule has 9 heteroatoms. The largest absolute Gasteiger partial charge is 0.481 e. The molecular weight excluding hydrogens is 423 g/mol. The Labute approximate surface area is 192 Å². The predicted octanol–water partition coefficient (Wildman–Crippen LogP) is 3.45. The zero-order valence-electron chi connectivity index (χ0n) is 19.1. The molecule has 1 aliphatic rings. The van der Waals surface area contributed by atoms with Gasteiger partial charge in [-0.25, -0.2) is 24.3 Å². The number of aryl methyl sites for hydroxylation is 1. The van der Waals surface area contributed by atoms with Crippen molar-refractivity contribution in [2.24, 2.45) is 5.92 Å². The molecule has 1 saturated heterocycles. The van der Waals surface area contributed by atoms with Crippen LogP contribution in [0.2, 0.25) is 0 Å². The second kappa shape index (κ2) is 9.48. The molecule has 1 aliphatic heterocycles. The predicted molar refractivity (Wildman–Crippen MR) is 122 cm³/mol. The number of methoxy groups -OCH3 is 1. The van der Waals surface area contributed by atoms with E-state index in [0.717, 1.165) is 23.3 Å². The van der Waals surface area contributed by atoms with Crippen LogP contribution < -0.4 is 10.1 Å². The number of nitrogens with one attached hydrogen (secondary N) is 1. The van der Waals surface area contributed by atoms with Crippen LogP contribution in [0.3, 0.4) is 0 Å². The van der Waals surface area contributed by atoms with Gasteiger partial charge < -0.3 is 15.0 Å². The van der Waals surface area contributed by atoms with E-state index in [1.54, 1.807) is 30.3 Å². The summed E-state index contributed by atoms with van der Waals surface area (Å²) in [5, 5.41) is 3.45. The summed E-state index contributed by atoms with van der Waals surface area (Å²) in [5.41, 5.74) is 1.98. The fraction of sp³-hybridized carbons (Fsp3) is 0.375. The van der Waals surface area contributed by atoms with Gasteiger partial charge in [0.1, 0.15) is 11.6 Å². The molecule has 3 atom stereocenters. The Balaban J connectivity index is 1.45. The molecule has 0 aliphatic carbocycles. The topological polar surface area (TPSA) is 93.1 Å². The third-order valence-electron chi connectivity index (χ3n) is 6.06. The number of carbonyl (C=O) groups is 1. The first kappa shape index (κ1) is 22.6. The third kappa shape index (κ3) is 4.76. The number of rotatable bonds is 6. The van der Waals surface area contributed by atoms with Gasteiger partial charge in [-0.3, -0.25) is 4.79 Å². The van der Waals surface area contributed by atoms with Gasteiger partial charge in [0.05, 0.1) is 24.9 Å². The first-order valence-corrected chi connectivity index (χ1v) is 10.9. The molecule has 3 aromatic rings. The summed E-state index contributed by atoms with van der Waals surface area (Å²) in [6.07, 6.45) is 4.50. The highest BCUT2D eigenvalue weighted by molar-refractivity contribution is 5.84. The second-order valence-corrected chi connectivity index (χ2v) is 8.34. The van der Waals surface area contributed by atoms with Crippen molar-refractivity contribution in [1.29, 1.82) is 0 Å². The number of amides is 1. The molecular formula is C24H27FN6O2. The summed E-state index contributed by atoms with van der Waals surface area (Å²) >= 11 is 0. The SMILES string of the molecule is COc1cc(C(C)C(=O)N2C[C@H](C)[C@H](Nc3ccc(-c4ncccn4)c(C)n3)C2)c(F)cn1. The van der Waals surface area contributed by atoms with Gasteiger partial charge in [0, 0.05) is 48.7 Å². The van der Waals surface area contributed by atoms with Crippen LogP contribution in [0.1, 0.15) is 31.0 Å². The van der Waals surface area contributed by atoms with Crippen molar-refractivity contribution in [3.8, 4) is 17.3 Å². The van der Waals surface area contributed by atoms with Gasteiger partial charge >= 0.3 is 0 Å². The number of nitrogens with zero attached hydrogens (tertiary/aromatic N) is 5. The summed E-state index contributed by atoms with van der Waals surface area (Å²) < 4.78 is 19.4. The van der Waals surface area contributed by atoms with Gasteiger partial charge in [-0.15, -0.1) is 0 Å². The molecule has 0 saturated carbocycles. The minimum absolute atomic E-state index is 0.0312. The Morgan fingerprint density at radius 3 is 2.70 bits per heavy atom. The van der Waals surface area contributed by atoms with Crippen LogP contribution in [-0.2, 0) is 4.79 Å². The highest BCUT2D eigenvalue weighted by Gasteiger charge is 2.35. The molecule has 172 valence electrons. The molecule has 1 N–H and O–H groups in total. The van der Waals surface area contributed by atoms with Crippen molar-refractivity contribution < 1.29 is 13.9 Å². The van der Waals surface area contributed by atoms with Gasteiger partial charge in [0.25, 0.3) is 0 Å². The smallest absolute Gasteiger partial charge is 0.230 e. The van der Waals surface area contributed by atoms with E-state index in [1.165, 1.54) is 13.2 Å². The lowest BCUT2D eigenvalue weighted by molar-refractivity contribution is -0.131. The molecule has 0 bridgehead atoms. The normalized spacial score (nSPS) is 18.8. The first-order chi connectivity index (χ1) is 15.9. The van der Waals surface area contributed by atoms with Crippen molar-refractivity contribution in [1.82, 2.24) is 24.8 Å². The van der Waals surface area contributed by atoms with Crippen LogP contribution in [-0.4, -0.2) is 57.0 Å². The minimum Gasteiger partial charge on any atom is -0.481 e. The lowest BCUT2D eigenvalue weighted by Gasteiger charge is -2.22. The molecule has 3 aromatic heterocycles. The third-order valence-corrected chi connectivity index (χ3v) is 6.06. The lowest BCUT2D eigenvalue weighted by atomic mass is 10.0. The number of ether oxygens (including phenoxy) is 1. The van der Waals surface area contributed by atoms with Crippen molar-refractivity contribution in [2.45, 2.75) is 32.7 Å². The molecule has 0 radical (unpaired) electrons.